The fourth-order valence-corrected chi connectivity index (χ4v) is 1.99. The van der Waals surface area contributed by atoms with E-state index in [0.717, 1.165) is 10.0 Å². The predicted molar refractivity (Wildman–Crippen MR) is 75.2 cm³/mol. The molecule has 0 amide bonds. The molecule has 1 rings (SSSR count). The van der Waals surface area contributed by atoms with Crippen molar-refractivity contribution in [3.05, 3.63) is 28.2 Å². The van der Waals surface area contributed by atoms with Crippen LogP contribution >= 0.6 is 15.9 Å². The number of benzene rings is 1. The van der Waals surface area contributed by atoms with Crippen LogP contribution in [0.15, 0.2) is 22.7 Å². The van der Waals surface area contributed by atoms with Gasteiger partial charge in [0.05, 0.1) is 6.07 Å². The van der Waals surface area contributed by atoms with Gasteiger partial charge in [-0.25, -0.2) is 0 Å². The topological polar surface area (TPSA) is 56.8 Å². The molecule has 1 atom stereocenters. The average molecular weight is 309 g/mol. The minimum Gasteiger partial charge on any atom is -0.479 e. The van der Waals surface area contributed by atoms with Gasteiger partial charge in [-0.05, 0) is 29.7 Å². The molecule has 0 spiro atoms. The van der Waals surface area contributed by atoms with E-state index >= 15 is 0 Å². The normalized spacial score (nSPS) is 10.3. The number of ether oxygens (including phenoxy) is 1. The van der Waals surface area contributed by atoms with Crippen LogP contribution in [0.5, 0.6) is 5.75 Å². The molecule has 0 radical (unpaired) electrons. The summed E-state index contributed by atoms with van der Waals surface area (Å²) >= 11 is 3.44. The van der Waals surface area contributed by atoms with Crippen molar-refractivity contribution in [3.8, 4) is 17.9 Å². The van der Waals surface area contributed by atoms with E-state index in [2.05, 4.69) is 22.0 Å². The van der Waals surface area contributed by atoms with Gasteiger partial charge in [-0.2, -0.15) is 10.5 Å². The van der Waals surface area contributed by atoms with E-state index in [1.54, 1.807) is 6.07 Å². The summed E-state index contributed by atoms with van der Waals surface area (Å²) in [6.07, 6.45) is 0.459. The number of rotatable bonds is 4. The Kier molecular flexibility index (Phi) is 8.70. The Morgan fingerprint density at radius 3 is 2.50 bits per heavy atom. The predicted octanol–water partition coefficient (Wildman–Crippen LogP) is 4.39. The molecule has 0 aliphatic heterocycles. The molecular formula is C14H17BrN2O. The van der Waals surface area contributed by atoms with Crippen LogP contribution in [0, 0.1) is 22.7 Å². The van der Waals surface area contributed by atoms with Gasteiger partial charge in [0.25, 0.3) is 0 Å². The van der Waals surface area contributed by atoms with Crippen molar-refractivity contribution < 1.29 is 4.74 Å². The third-order valence-electron chi connectivity index (χ3n) is 2.20. The first kappa shape index (κ1) is 16.5. The van der Waals surface area contributed by atoms with Crippen LogP contribution in [0.3, 0.4) is 0 Å². The van der Waals surface area contributed by atoms with Crippen LogP contribution in [-0.4, -0.2) is 6.61 Å². The van der Waals surface area contributed by atoms with E-state index in [1.807, 2.05) is 39.0 Å². The number of nitriles is 2. The molecule has 18 heavy (non-hydrogen) atoms. The Balaban J connectivity index is 0.00000137. The first-order valence-electron chi connectivity index (χ1n) is 5.85. The summed E-state index contributed by atoms with van der Waals surface area (Å²) < 4.78 is 6.17. The van der Waals surface area contributed by atoms with Crippen molar-refractivity contribution >= 4 is 15.9 Å². The highest BCUT2D eigenvalue weighted by Gasteiger charge is 2.10. The van der Waals surface area contributed by atoms with Gasteiger partial charge in [0.2, 0.25) is 0 Å². The van der Waals surface area contributed by atoms with Crippen molar-refractivity contribution in [1.29, 1.82) is 10.5 Å². The minimum atomic E-state index is 0.0354. The van der Waals surface area contributed by atoms with E-state index in [1.165, 1.54) is 0 Å². The zero-order valence-corrected chi connectivity index (χ0v) is 12.5. The van der Waals surface area contributed by atoms with Gasteiger partial charge in [-0.1, -0.05) is 36.7 Å². The highest BCUT2D eigenvalue weighted by molar-refractivity contribution is 9.10. The summed E-state index contributed by atoms with van der Waals surface area (Å²) in [5.41, 5.74) is 1.02. The number of hydrogen-bond acceptors (Lipinski definition) is 3. The molecule has 0 saturated carbocycles. The maximum atomic E-state index is 8.66. The molecule has 0 saturated heterocycles. The second kappa shape index (κ2) is 9.50. The molecule has 3 nitrogen and oxygen atoms in total. The summed E-state index contributed by atoms with van der Waals surface area (Å²) in [4.78, 5) is 0. The third-order valence-corrected chi connectivity index (χ3v) is 2.92. The van der Waals surface area contributed by atoms with Crippen LogP contribution in [0.4, 0.5) is 0 Å². The number of hydrogen-bond donors (Lipinski definition) is 0. The van der Waals surface area contributed by atoms with Gasteiger partial charge >= 0.3 is 0 Å². The number of halogens is 1. The SMILES string of the molecule is CC.CC(CC#N)c1cc(OCC#N)ccc1Br. The van der Waals surface area contributed by atoms with Gasteiger partial charge < -0.3 is 4.74 Å². The first-order chi connectivity index (χ1) is 8.69. The molecule has 0 heterocycles. The summed E-state index contributed by atoms with van der Waals surface area (Å²) in [5, 5.41) is 17.1. The third kappa shape index (κ3) is 5.21. The maximum Gasteiger partial charge on any atom is 0.174 e. The minimum absolute atomic E-state index is 0.0354. The highest BCUT2D eigenvalue weighted by Crippen LogP contribution is 2.30. The largest absolute Gasteiger partial charge is 0.479 e. The zero-order chi connectivity index (χ0) is 14.0. The lowest BCUT2D eigenvalue weighted by atomic mass is 9.98. The standard InChI is InChI=1S/C12H11BrN2O.C2H6/c1-9(4-5-14)11-8-10(16-7-6-15)2-3-12(11)13;1-2/h2-3,8-9H,4,7H2,1H3;1-2H3. The van der Waals surface area contributed by atoms with E-state index in [-0.39, 0.29) is 12.5 Å². The lowest BCUT2D eigenvalue weighted by Gasteiger charge is -2.12. The fourth-order valence-electron chi connectivity index (χ4n) is 1.35. The van der Waals surface area contributed by atoms with Crippen molar-refractivity contribution in [2.75, 3.05) is 6.61 Å². The molecule has 0 bridgehead atoms. The summed E-state index contributed by atoms with van der Waals surface area (Å²) in [5.74, 6) is 0.801. The lowest BCUT2D eigenvalue weighted by Crippen LogP contribution is -1.97. The summed E-state index contributed by atoms with van der Waals surface area (Å²) in [6, 6.07) is 9.59. The molecule has 1 aromatic carbocycles. The van der Waals surface area contributed by atoms with Crippen LogP contribution in [0.2, 0.25) is 0 Å². The van der Waals surface area contributed by atoms with Gasteiger partial charge in [-0.15, -0.1) is 0 Å². The summed E-state index contributed by atoms with van der Waals surface area (Å²) in [7, 11) is 0. The van der Waals surface area contributed by atoms with Crippen LogP contribution in [0.1, 0.15) is 38.7 Å². The van der Waals surface area contributed by atoms with Gasteiger partial charge in [-0.3, -0.25) is 0 Å². The van der Waals surface area contributed by atoms with Crippen LogP contribution in [0.25, 0.3) is 0 Å². The molecule has 1 aromatic rings. The van der Waals surface area contributed by atoms with Gasteiger partial charge in [0.15, 0.2) is 6.61 Å². The molecule has 96 valence electrons. The Labute approximate surface area is 117 Å². The van der Waals surface area contributed by atoms with E-state index in [4.69, 9.17) is 15.3 Å². The Hall–Kier alpha value is -1.52. The van der Waals surface area contributed by atoms with Crippen molar-refractivity contribution in [3.63, 3.8) is 0 Å². The summed E-state index contributed by atoms with van der Waals surface area (Å²) in [6.45, 7) is 6.02. The van der Waals surface area contributed by atoms with Crippen LogP contribution in [-0.2, 0) is 0 Å². The maximum absolute atomic E-state index is 8.66. The molecule has 0 fully saturated rings. The molecular weight excluding hydrogens is 292 g/mol. The molecule has 0 N–H and O–H groups in total. The Morgan fingerprint density at radius 2 is 1.94 bits per heavy atom. The van der Waals surface area contributed by atoms with E-state index in [0.29, 0.717) is 12.2 Å². The molecule has 1 unspecified atom stereocenters. The van der Waals surface area contributed by atoms with E-state index < -0.39 is 0 Å². The van der Waals surface area contributed by atoms with E-state index in [9.17, 15) is 0 Å². The molecule has 0 aliphatic carbocycles. The van der Waals surface area contributed by atoms with Gasteiger partial charge in [0.1, 0.15) is 11.8 Å². The lowest BCUT2D eigenvalue weighted by molar-refractivity contribution is 0.367. The molecule has 4 heteroatoms. The van der Waals surface area contributed by atoms with Crippen molar-refractivity contribution in [2.24, 2.45) is 0 Å². The quantitative estimate of drug-likeness (QED) is 0.828. The number of nitrogens with zero attached hydrogens (tertiary/aromatic N) is 2. The molecule has 0 aliphatic rings. The second-order valence-electron chi connectivity index (χ2n) is 3.39. The smallest absolute Gasteiger partial charge is 0.174 e. The zero-order valence-electron chi connectivity index (χ0n) is 10.9. The highest BCUT2D eigenvalue weighted by atomic mass is 79.9. The fraction of sp³-hybridized carbons (Fsp3) is 0.429. The van der Waals surface area contributed by atoms with Crippen LogP contribution < -0.4 is 4.74 Å². The molecule has 0 aromatic heterocycles. The van der Waals surface area contributed by atoms with Crippen molar-refractivity contribution in [1.82, 2.24) is 0 Å². The Bertz CT molecular complexity index is 446. The first-order valence-corrected chi connectivity index (χ1v) is 6.64. The second-order valence-corrected chi connectivity index (χ2v) is 4.25. The Morgan fingerprint density at radius 1 is 1.28 bits per heavy atom. The van der Waals surface area contributed by atoms with Gasteiger partial charge in [0, 0.05) is 10.9 Å². The van der Waals surface area contributed by atoms with Crippen molar-refractivity contribution in [2.45, 2.75) is 33.1 Å². The monoisotopic (exact) mass is 308 g/mol. The average Bonchev–Trinajstić information content (AvgIpc) is 2.40.